The van der Waals surface area contributed by atoms with Gasteiger partial charge in [0.25, 0.3) is 0 Å². The summed E-state index contributed by atoms with van der Waals surface area (Å²) in [5.41, 5.74) is 1.61. The van der Waals surface area contributed by atoms with E-state index in [4.69, 9.17) is 0 Å². The van der Waals surface area contributed by atoms with Crippen LogP contribution in [-0.2, 0) is 4.79 Å². The summed E-state index contributed by atoms with van der Waals surface area (Å²) in [6, 6.07) is 0. The summed E-state index contributed by atoms with van der Waals surface area (Å²) >= 11 is -2.24. The van der Waals surface area contributed by atoms with Gasteiger partial charge in [-0.3, -0.25) is 0 Å². The van der Waals surface area contributed by atoms with Crippen LogP contribution in [-0.4, -0.2) is 24.2 Å². The summed E-state index contributed by atoms with van der Waals surface area (Å²) in [6.45, 7) is 13.8. The first kappa shape index (κ1) is 24.2. The predicted molar refractivity (Wildman–Crippen MR) is 120 cm³/mol. The Balaban J connectivity index is 3.04. The Morgan fingerprint density at radius 1 is 1.00 bits per heavy atom. The van der Waals surface area contributed by atoms with Crippen LogP contribution in [0.5, 0.6) is 0 Å². The summed E-state index contributed by atoms with van der Waals surface area (Å²) in [7, 11) is 0. The van der Waals surface area contributed by atoms with E-state index in [1.807, 2.05) is 0 Å². The molecule has 2 heteroatoms. The van der Waals surface area contributed by atoms with Crippen molar-refractivity contribution >= 4 is 24.2 Å². The van der Waals surface area contributed by atoms with Crippen molar-refractivity contribution in [2.75, 3.05) is 0 Å². The van der Waals surface area contributed by atoms with E-state index in [1.54, 1.807) is 0 Å². The molecule has 1 unspecified atom stereocenters. The Labute approximate surface area is 168 Å². The molecule has 0 bridgehead atoms. The van der Waals surface area contributed by atoms with Crippen molar-refractivity contribution in [2.45, 2.75) is 117 Å². The molecule has 1 atom stereocenters. The molecular formula is C24H46OSn. The number of unbranched alkanes of at least 4 members (excludes halogenated alkanes) is 3. The van der Waals surface area contributed by atoms with Gasteiger partial charge >= 0.3 is 169 Å². The third kappa shape index (κ3) is 8.48. The van der Waals surface area contributed by atoms with E-state index in [-0.39, 0.29) is 5.41 Å². The topological polar surface area (TPSA) is 17.1 Å². The number of hydrogen-bond donors (Lipinski definition) is 0. The van der Waals surface area contributed by atoms with E-state index in [9.17, 15) is 4.79 Å². The molecular weight excluding hydrogens is 423 g/mol. The van der Waals surface area contributed by atoms with E-state index in [2.05, 4.69) is 47.6 Å². The minimum absolute atomic E-state index is 0.144. The fourth-order valence-corrected chi connectivity index (χ4v) is 22.2. The number of carbonyl (C=O) groups is 1. The molecule has 1 aliphatic carbocycles. The molecule has 0 aromatic carbocycles. The predicted octanol–water partition coefficient (Wildman–Crippen LogP) is 8.18. The second-order valence-corrected chi connectivity index (χ2v) is 24.0. The first-order valence-corrected chi connectivity index (χ1v) is 19.5. The Morgan fingerprint density at radius 3 is 1.96 bits per heavy atom. The SMILES string of the molecule is CCC[CH2][Sn]([CH2]CCC)([CH2]CCC)[CH2]C1C/C(C)=C/CC(C)(C)CC1=O. The van der Waals surface area contributed by atoms with Crippen LogP contribution in [0.25, 0.3) is 0 Å². The first-order chi connectivity index (χ1) is 12.3. The van der Waals surface area contributed by atoms with Crippen LogP contribution in [0.15, 0.2) is 11.6 Å². The quantitative estimate of drug-likeness (QED) is 0.220. The van der Waals surface area contributed by atoms with Gasteiger partial charge in [0.15, 0.2) is 0 Å². The van der Waals surface area contributed by atoms with Crippen LogP contribution in [0, 0.1) is 11.3 Å². The zero-order chi connectivity index (χ0) is 19.6. The third-order valence-electron chi connectivity index (χ3n) is 6.54. The minimum atomic E-state index is -2.24. The van der Waals surface area contributed by atoms with Gasteiger partial charge < -0.3 is 0 Å². The van der Waals surface area contributed by atoms with Crippen LogP contribution >= 0.6 is 0 Å². The average Bonchev–Trinajstić information content (AvgIpc) is 2.59. The second kappa shape index (κ2) is 11.9. The van der Waals surface area contributed by atoms with Gasteiger partial charge in [-0.25, -0.2) is 0 Å². The van der Waals surface area contributed by atoms with Gasteiger partial charge in [0.05, 0.1) is 0 Å². The molecule has 0 fully saturated rings. The number of rotatable bonds is 11. The normalized spacial score (nSPS) is 23.2. The Morgan fingerprint density at radius 2 is 1.50 bits per heavy atom. The molecule has 0 aromatic heterocycles. The maximum absolute atomic E-state index is 13.2. The number of carbonyl (C=O) groups excluding carboxylic acids is 1. The van der Waals surface area contributed by atoms with Crippen molar-refractivity contribution in [3.63, 3.8) is 0 Å². The standard InChI is InChI=1S/C12H19O.3C4H9.Sn/c1-9-5-6-12(3,4)8-11(13)10(2)7-9;3*1-3-4-2;/h5,10H,2,6-8H2,1,3-4H3;3*1,3-4H2,2H3;/b9-5+;;;;. The summed E-state index contributed by atoms with van der Waals surface area (Å²) in [4.78, 5) is 13.2. The molecule has 152 valence electrons. The summed E-state index contributed by atoms with van der Waals surface area (Å²) < 4.78 is 5.93. The summed E-state index contributed by atoms with van der Waals surface area (Å²) in [5.74, 6) is 0.931. The number of Topliss-reactive ketones (excluding diaryl/α,β-unsaturated/α-hetero) is 1. The molecule has 0 aliphatic heterocycles. The maximum atomic E-state index is 13.2. The molecule has 0 spiro atoms. The van der Waals surface area contributed by atoms with Gasteiger partial charge in [0.1, 0.15) is 0 Å². The van der Waals surface area contributed by atoms with Crippen molar-refractivity contribution in [1.82, 2.24) is 0 Å². The molecule has 0 aromatic rings. The van der Waals surface area contributed by atoms with Crippen molar-refractivity contribution in [1.29, 1.82) is 0 Å². The summed E-state index contributed by atoms with van der Waals surface area (Å²) in [6.07, 6.45) is 13.5. The van der Waals surface area contributed by atoms with E-state index in [0.717, 1.165) is 19.3 Å². The molecule has 0 N–H and O–H groups in total. The van der Waals surface area contributed by atoms with Crippen molar-refractivity contribution in [2.24, 2.45) is 11.3 Å². The first-order valence-electron chi connectivity index (χ1n) is 11.5. The average molecular weight is 469 g/mol. The molecule has 1 rings (SSSR count). The molecule has 0 heterocycles. The van der Waals surface area contributed by atoms with E-state index < -0.39 is 18.4 Å². The van der Waals surface area contributed by atoms with Crippen LogP contribution in [0.3, 0.4) is 0 Å². The molecule has 0 amide bonds. The molecule has 26 heavy (non-hydrogen) atoms. The van der Waals surface area contributed by atoms with Gasteiger partial charge in [-0.1, -0.05) is 0 Å². The zero-order valence-corrected chi connectivity index (χ0v) is 21.6. The summed E-state index contributed by atoms with van der Waals surface area (Å²) in [5, 5.41) is 0. The van der Waals surface area contributed by atoms with Crippen molar-refractivity contribution in [3.8, 4) is 0 Å². The van der Waals surface area contributed by atoms with Gasteiger partial charge in [0.2, 0.25) is 0 Å². The molecule has 0 radical (unpaired) electrons. The van der Waals surface area contributed by atoms with E-state index in [1.165, 1.54) is 61.8 Å². The van der Waals surface area contributed by atoms with Gasteiger partial charge in [-0.05, 0) is 0 Å². The number of allylic oxidation sites excluding steroid dienone is 2. The van der Waals surface area contributed by atoms with Crippen molar-refractivity contribution < 1.29 is 4.79 Å². The number of hydrogen-bond acceptors (Lipinski definition) is 1. The number of ketones is 1. The van der Waals surface area contributed by atoms with Gasteiger partial charge in [-0.15, -0.1) is 0 Å². The fourth-order valence-electron chi connectivity index (χ4n) is 4.77. The molecule has 1 aliphatic rings. The van der Waals surface area contributed by atoms with Gasteiger partial charge in [-0.2, -0.15) is 0 Å². The van der Waals surface area contributed by atoms with Gasteiger partial charge in [0, 0.05) is 0 Å². The molecule has 1 nitrogen and oxygen atoms in total. The molecule has 0 saturated carbocycles. The monoisotopic (exact) mass is 470 g/mol. The van der Waals surface area contributed by atoms with Crippen LogP contribution < -0.4 is 0 Å². The van der Waals surface area contributed by atoms with Crippen LogP contribution in [0.2, 0.25) is 17.7 Å². The third-order valence-corrected chi connectivity index (χ3v) is 22.5. The van der Waals surface area contributed by atoms with Crippen LogP contribution in [0.1, 0.15) is 99.3 Å². The Kier molecular flexibility index (Phi) is 11.1. The van der Waals surface area contributed by atoms with Crippen LogP contribution in [0.4, 0.5) is 0 Å². The van der Waals surface area contributed by atoms with E-state index in [0.29, 0.717) is 11.7 Å². The second-order valence-electron chi connectivity index (χ2n) is 9.98. The fraction of sp³-hybridized carbons (Fsp3) is 0.875. The van der Waals surface area contributed by atoms with E-state index >= 15 is 0 Å². The zero-order valence-electron chi connectivity index (χ0n) is 18.8. The molecule has 0 saturated heterocycles. The Bertz CT molecular complexity index is 427. The Hall–Kier alpha value is 0.209. The van der Waals surface area contributed by atoms with Crippen molar-refractivity contribution in [3.05, 3.63) is 11.6 Å².